The number of carbonyl (C=O) groups excluding carboxylic acids is 1. The summed E-state index contributed by atoms with van der Waals surface area (Å²) in [6.45, 7) is 4.96. The maximum atomic E-state index is 12.0. The summed E-state index contributed by atoms with van der Waals surface area (Å²) in [6, 6.07) is 4.51. The van der Waals surface area contributed by atoms with Crippen molar-refractivity contribution in [2.24, 2.45) is 0 Å². The number of fused-ring (bicyclic) bond motifs is 1. The minimum Gasteiger partial charge on any atom is -0.339 e. The van der Waals surface area contributed by atoms with E-state index in [4.69, 9.17) is 0 Å². The Morgan fingerprint density at radius 3 is 3.06 bits per heavy atom. The summed E-state index contributed by atoms with van der Waals surface area (Å²) in [5.74, 6) is 0.286. The molecule has 3 nitrogen and oxygen atoms in total. The van der Waals surface area contributed by atoms with E-state index in [2.05, 4.69) is 22.9 Å². The minimum absolute atomic E-state index is 0.286. The monoisotopic (exact) mass is 246 g/mol. The molecule has 0 bridgehead atoms. The molecule has 1 aromatic heterocycles. The topological polar surface area (TPSA) is 33.2 Å². The maximum Gasteiger partial charge on any atom is 0.222 e. The standard InChI is InChI=1S/C15H22N2O/c1-3-10-17(15(18)4-2)13-7-8-14-12(11-13)6-5-9-16-14/h5-6,9,13H,3-4,7-8,10-11H2,1-2H3. The highest BCUT2D eigenvalue weighted by Gasteiger charge is 2.26. The number of hydrogen-bond acceptors (Lipinski definition) is 2. The van der Waals surface area contributed by atoms with Crippen molar-refractivity contribution in [3.05, 3.63) is 29.6 Å². The van der Waals surface area contributed by atoms with Crippen molar-refractivity contribution in [1.82, 2.24) is 9.88 Å². The van der Waals surface area contributed by atoms with E-state index in [1.54, 1.807) is 0 Å². The van der Waals surface area contributed by atoms with Crippen LogP contribution in [-0.2, 0) is 17.6 Å². The zero-order valence-corrected chi connectivity index (χ0v) is 11.4. The molecule has 0 radical (unpaired) electrons. The maximum absolute atomic E-state index is 12.0. The highest BCUT2D eigenvalue weighted by molar-refractivity contribution is 5.76. The molecule has 3 heteroatoms. The van der Waals surface area contributed by atoms with Gasteiger partial charge < -0.3 is 4.90 Å². The molecule has 18 heavy (non-hydrogen) atoms. The highest BCUT2D eigenvalue weighted by atomic mass is 16.2. The van der Waals surface area contributed by atoms with Crippen LogP contribution in [0.5, 0.6) is 0 Å². The summed E-state index contributed by atoms with van der Waals surface area (Å²) >= 11 is 0. The Morgan fingerprint density at radius 1 is 1.50 bits per heavy atom. The molecule has 0 spiro atoms. The van der Waals surface area contributed by atoms with Crippen molar-refractivity contribution in [3.63, 3.8) is 0 Å². The molecule has 98 valence electrons. The zero-order valence-electron chi connectivity index (χ0n) is 11.4. The van der Waals surface area contributed by atoms with Crippen LogP contribution in [-0.4, -0.2) is 28.4 Å². The van der Waals surface area contributed by atoms with Crippen molar-refractivity contribution >= 4 is 5.91 Å². The number of carbonyl (C=O) groups is 1. The molecule has 2 rings (SSSR count). The van der Waals surface area contributed by atoms with E-state index in [-0.39, 0.29) is 5.91 Å². The third kappa shape index (κ3) is 2.71. The quantitative estimate of drug-likeness (QED) is 0.818. The number of hydrogen-bond donors (Lipinski definition) is 0. The molecule has 1 amide bonds. The molecule has 0 N–H and O–H groups in total. The smallest absolute Gasteiger partial charge is 0.222 e. The number of amides is 1. The molecule has 1 aromatic rings. The van der Waals surface area contributed by atoms with E-state index in [0.29, 0.717) is 12.5 Å². The molecule has 1 atom stereocenters. The van der Waals surface area contributed by atoms with Gasteiger partial charge in [0.2, 0.25) is 5.91 Å². The molecule has 1 heterocycles. The van der Waals surface area contributed by atoms with E-state index in [0.717, 1.165) is 32.2 Å². The third-order valence-electron chi connectivity index (χ3n) is 3.68. The fourth-order valence-corrected chi connectivity index (χ4v) is 2.76. The Balaban J connectivity index is 2.12. The Labute approximate surface area is 109 Å². The van der Waals surface area contributed by atoms with Gasteiger partial charge >= 0.3 is 0 Å². The normalized spacial score (nSPS) is 18.2. The molecule has 1 aliphatic carbocycles. The fraction of sp³-hybridized carbons (Fsp3) is 0.600. The van der Waals surface area contributed by atoms with Gasteiger partial charge in [0, 0.05) is 30.9 Å². The molecule has 0 fully saturated rings. The lowest BCUT2D eigenvalue weighted by Gasteiger charge is -2.34. The summed E-state index contributed by atoms with van der Waals surface area (Å²) < 4.78 is 0. The van der Waals surface area contributed by atoms with Crippen LogP contribution in [0.2, 0.25) is 0 Å². The van der Waals surface area contributed by atoms with Crippen LogP contribution in [0.1, 0.15) is 44.4 Å². The van der Waals surface area contributed by atoms with E-state index in [1.165, 1.54) is 11.3 Å². The van der Waals surface area contributed by atoms with Gasteiger partial charge in [0.1, 0.15) is 0 Å². The number of pyridine rings is 1. The lowest BCUT2D eigenvalue weighted by molar-refractivity contribution is -0.133. The van der Waals surface area contributed by atoms with Crippen LogP contribution in [0.3, 0.4) is 0 Å². The lowest BCUT2D eigenvalue weighted by Crippen LogP contribution is -2.43. The van der Waals surface area contributed by atoms with Gasteiger partial charge in [0.25, 0.3) is 0 Å². The second-order valence-electron chi connectivity index (χ2n) is 4.95. The van der Waals surface area contributed by atoms with Crippen molar-refractivity contribution in [3.8, 4) is 0 Å². The third-order valence-corrected chi connectivity index (χ3v) is 3.68. The van der Waals surface area contributed by atoms with Crippen molar-refractivity contribution in [2.75, 3.05) is 6.54 Å². The molecule has 1 unspecified atom stereocenters. The van der Waals surface area contributed by atoms with E-state index >= 15 is 0 Å². The first-order valence-electron chi connectivity index (χ1n) is 6.98. The van der Waals surface area contributed by atoms with Crippen LogP contribution >= 0.6 is 0 Å². The molecule has 0 aromatic carbocycles. The molecule has 0 saturated heterocycles. The van der Waals surface area contributed by atoms with Gasteiger partial charge in [0.15, 0.2) is 0 Å². The zero-order chi connectivity index (χ0) is 13.0. The summed E-state index contributed by atoms with van der Waals surface area (Å²) in [5.41, 5.74) is 2.54. The Kier molecular flexibility index (Phi) is 4.34. The first kappa shape index (κ1) is 13.1. The van der Waals surface area contributed by atoms with Gasteiger partial charge in [0.05, 0.1) is 0 Å². The fourth-order valence-electron chi connectivity index (χ4n) is 2.76. The van der Waals surface area contributed by atoms with Crippen LogP contribution < -0.4 is 0 Å². The van der Waals surface area contributed by atoms with Gasteiger partial charge in [-0.2, -0.15) is 0 Å². The highest BCUT2D eigenvalue weighted by Crippen LogP contribution is 2.23. The summed E-state index contributed by atoms with van der Waals surface area (Å²) in [4.78, 5) is 18.5. The van der Waals surface area contributed by atoms with Crippen LogP contribution in [0, 0.1) is 0 Å². The van der Waals surface area contributed by atoms with Crippen molar-refractivity contribution in [1.29, 1.82) is 0 Å². The molecule has 0 aliphatic heterocycles. The van der Waals surface area contributed by atoms with Crippen LogP contribution in [0.25, 0.3) is 0 Å². The van der Waals surface area contributed by atoms with Gasteiger partial charge in [-0.3, -0.25) is 9.78 Å². The summed E-state index contributed by atoms with van der Waals surface area (Å²) in [5, 5.41) is 0. The number of aromatic nitrogens is 1. The summed E-state index contributed by atoms with van der Waals surface area (Å²) in [7, 11) is 0. The van der Waals surface area contributed by atoms with Crippen LogP contribution in [0.4, 0.5) is 0 Å². The Hall–Kier alpha value is -1.38. The average molecular weight is 246 g/mol. The largest absolute Gasteiger partial charge is 0.339 e. The Morgan fingerprint density at radius 2 is 2.33 bits per heavy atom. The number of nitrogens with zero attached hydrogens (tertiary/aromatic N) is 2. The second kappa shape index (κ2) is 5.98. The first-order chi connectivity index (χ1) is 8.76. The van der Waals surface area contributed by atoms with Crippen molar-refractivity contribution < 1.29 is 4.79 Å². The molecular formula is C15H22N2O. The van der Waals surface area contributed by atoms with Gasteiger partial charge in [-0.05, 0) is 37.3 Å². The minimum atomic E-state index is 0.286. The van der Waals surface area contributed by atoms with Crippen LogP contribution in [0.15, 0.2) is 18.3 Å². The molecular weight excluding hydrogens is 224 g/mol. The van der Waals surface area contributed by atoms with Gasteiger partial charge in [-0.25, -0.2) is 0 Å². The summed E-state index contributed by atoms with van der Waals surface area (Å²) in [6.07, 6.45) is 6.52. The lowest BCUT2D eigenvalue weighted by atomic mass is 9.90. The van der Waals surface area contributed by atoms with E-state index in [9.17, 15) is 4.79 Å². The SMILES string of the molecule is CCCN(C(=O)CC)C1CCc2ncccc2C1. The van der Waals surface area contributed by atoms with Crippen molar-refractivity contribution in [2.45, 2.75) is 52.0 Å². The molecule has 1 aliphatic rings. The molecule has 0 saturated carbocycles. The first-order valence-corrected chi connectivity index (χ1v) is 6.98. The predicted molar refractivity (Wildman–Crippen MR) is 72.3 cm³/mol. The van der Waals surface area contributed by atoms with Gasteiger partial charge in [-0.1, -0.05) is 19.9 Å². The predicted octanol–water partition coefficient (Wildman–Crippen LogP) is 2.59. The number of rotatable bonds is 4. The Bertz CT molecular complexity index is 417. The number of aryl methyl sites for hydroxylation is 1. The second-order valence-corrected chi connectivity index (χ2v) is 4.95. The van der Waals surface area contributed by atoms with E-state index < -0.39 is 0 Å². The van der Waals surface area contributed by atoms with E-state index in [1.807, 2.05) is 19.2 Å². The average Bonchev–Trinajstić information content (AvgIpc) is 2.43. The van der Waals surface area contributed by atoms with Gasteiger partial charge in [-0.15, -0.1) is 0 Å².